The molecule has 1 aromatic carbocycles. The molecule has 2 aromatic heterocycles. The molecule has 0 spiro atoms. The van der Waals surface area contributed by atoms with Gasteiger partial charge in [0.15, 0.2) is 11.0 Å². The number of carboxylic acid groups (broad SMARTS) is 2. The van der Waals surface area contributed by atoms with Gasteiger partial charge in [-0.1, -0.05) is 0 Å². The van der Waals surface area contributed by atoms with Crippen LogP contribution in [-0.4, -0.2) is 111 Å². The molecule has 3 heterocycles. The quantitative estimate of drug-likeness (QED) is 0.246. The van der Waals surface area contributed by atoms with E-state index in [1.807, 2.05) is 0 Å². The first kappa shape index (κ1) is 32.9. The highest BCUT2D eigenvalue weighted by Crippen LogP contribution is 2.17. The van der Waals surface area contributed by atoms with Gasteiger partial charge in [-0.15, -0.1) is 0 Å². The predicted octanol–water partition coefficient (Wildman–Crippen LogP) is 1.44. The summed E-state index contributed by atoms with van der Waals surface area (Å²) in [7, 11) is 2.14. The van der Waals surface area contributed by atoms with Crippen molar-refractivity contribution in [1.82, 2.24) is 30.2 Å². The van der Waals surface area contributed by atoms with Gasteiger partial charge in [0.1, 0.15) is 5.75 Å². The zero-order chi connectivity index (χ0) is 31.0. The SMILES string of the molecule is CN1CCN(CCCOc2ccc3c(=O)c4n[nH]nc4c(=O)[nH]c3c2)CC1.O=C(O)C(F)(F)F.O=C(O)C(F)(F)F. The van der Waals surface area contributed by atoms with Gasteiger partial charge in [0.25, 0.3) is 5.56 Å². The number of piperazine rings is 1. The third-order valence-corrected chi connectivity index (χ3v) is 5.43. The van der Waals surface area contributed by atoms with Crippen LogP contribution < -0.4 is 15.7 Å². The van der Waals surface area contributed by atoms with Crippen molar-refractivity contribution in [2.24, 2.45) is 0 Å². The van der Waals surface area contributed by atoms with Crippen molar-refractivity contribution >= 4 is 33.9 Å². The second-order valence-electron chi connectivity index (χ2n) is 8.46. The van der Waals surface area contributed by atoms with Crippen LogP contribution >= 0.6 is 0 Å². The highest BCUT2D eigenvalue weighted by Gasteiger charge is 2.38. The molecule has 0 aliphatic carbocycles. The minimum absolute atomic E-state index is 0.00541. The Kier molecular flexibility index (Phi) is 11.2. The number of halogens is 6. The fourth-order valence-corrected chi connectivity index (χ4v) is 3.32. The predicted molar refractivity (Wildman–Crippen MR) is 130 cm³/mol. The van der Waals surface area contributed by atoms with Crippen LogP contribution in [0.2, 0.25) is 0 Å². The maximum absolute atomic E-state index is 12.5. The molecule has 1 fully saturated rings. The van der Waals surface area contributed by atoms with Gasteiger partial charge in [-0.3, -0.25) is 9.59 Å². The van der Waals surface area contributed by atoms with Crippen molar-refractivity contribution in [2.75, 3.05) is 46.4 Å². The van der Waals surface area contributed by atoms with Crippen molar-refractivity contribution in [3.8, 4) is 5.75 Å². The molecule has 1 saturated heterocycles. The Labute approximate surface area is 225 Å². The van der Waals surface area contributed by atoms with Crippen LogP contribution in [0.5, 0.6) is 5.75 Å². The number of aliphatic carboxylic acids is 2. The maximum atomic E-state index is 12.5. The average molecular weight is 598 g/mol. The van der Waals surface area contributed by atoms with E-state index in [0.717, 1.165) is 39.1 Å². The lowest BCUT2D eigenvalue weighted by atomic mass is 10.2. The Hall–Kier alpha value is -4.26. The molecule has 19 heteroatoms. The van der Waals surface area contributed by atoms with Gasteiger partial charge in [0, 0.05) is 44.2 Å². The van der Waals surface area contributed by atoms with Gasteiger partial charge >= 0.3 is 24.3 Å². The summed E-state index contributed by atoms with van der Waals surface area (Å²) in [5.74, 6) is -4.89. The molecular weight excluding hydrogens is 574 g/mol. The van der Waals surface area contributed by atoms with Crippen LogP contribution in [0.15, 0.2) is 27.8 Å². The van der Waals surface area contributed by atoms with Crippen LogP contribution in [0.3, 0.4) is 0 Å². The van der Waals surface area contributed by atoms with E-state index in [0.29, 0.717) is 23.3 Å². The van der Waals surface area contributed by atoms with E-state index in [1.165, 1.54) is 0 Å². The van der Waals surface area contributed by atoms with E-state index >= 15 is 0 Å². The van der Waals surface area contributed by atoms with Crippen molar-refractivity contribution in [3.05, 3.63) is 38.8 Å². The number of H-pyrrole nitrogens is 2. The number of hydrogen-bond donors (Lipinski definition) is 4. The number of fused-ring (bicyclic) bond motifs is 2. The van der Waals surface area contributed by atoms with Gasteiger partial charge in [0.05, 0.1) is 12.1 Å². The zero-order valence-corrected chi connectivity index (χ0v) is 21.2. The molecule has 0 amide bonds. The molecule has 4 N–H and O–H groups in total. The molecule has 1 aliphatic heterocycles. The number of carboxylic acids is 2. The van der Waals surface area contributed by atoms with E-state index < -0.39 is 29.9 Å². The lowest BCUT2D eigenvalue weighted by Gasteiger charge is -2.32. The largest absolute Gasteiger partial charge is 0.493 e. The normalized spacial score (nSPS) is 14.5. The highest BCUT2D eigenvalue weighted by atomic mass is 19.4. The summed E-state index contributed by atoms with van der Waals surface area (Å²) in [6.45, 7) is 5.96. The summed E-state index contributed by atoms with van der Waals surface area (Å²) in [4.78, 5) is 50.0. The molecular formula is C22H24F6N6O7. The minimum Gasteiger partial charge on any atom is -0.493 e. The fraction of sp³-hybridized carbons (Fsp3) is 0.455. The standard InChI is InChI=1S/C18H22N6O3.2C2HF3O2/c1-23-6-8-24(9-7-23)5-2-10-27-12-3-4-13-14(11-12)19-18(26)16-15(17(13)25)20-22-21-16;2*3-2(4,5)1(6)7/h3-4,11H,2,5-10H2,1H3,(H,19,26)(H,20,21,22);2*(H,6,7). The number of likely N-dealkylation sites (N-methyl/N-ethyl adjacent to an activating group) is 1. The van der Waals surface area contributed by atoms with Gasteiger partial charge < -0.3 is 29.7 Å². The third kappa shape index (κ3) is 10.0. The van der Waals surface area contributed by atoms with Crippen molar-refractivity contribution in [2.45, 2.75) is 18.8 Å². The molecule has 0 atom stereocenters. The number of alkyl halides is 6. The third-order valence-electron chi connectivity index (χ3n) is 5.43. The summed E-state index contributed by atoms with van der Waals surface area (Å²) in [6, 6.07) is 5.07. The van der Waals surface area contributed by atoms with Crippen molar-refractivity contribution in [1.29, 1.82) is 0 Å². The average Bonchev–Trinajstić information content (AvgIpc) is 3.34. The van der Waals surface area contributed by atoms with E-state index in [1.54, 1.807) is 18.2 Å². The number of nitrogens with one attached hydrogen (secondary N) is 2. The van der Waals surface area contributed by atoms with Crippen LogP contribution in [0.1, 0.15) is 6.42 Å². The van der Waals surface area contributed by atoms with Crippen LogP contribution in [0, 0.1) is 0 Å². The molecule has 13 nitrogen and oxygen atoms in total. The van der Waals surface area contributed by atoms with E-state index in [2.05, 4.69) is 37.2 Å². The van der Waals surface area contributed by atoms with Crippen molar-refractivity contribution in [3.63, 3.8) is 0 Å². The van der Waals surface area contributed by atoms with Crippen LogP contribution in [-0.2, 0) is 9.59 Å². The Morgan fingerprint density at radius 2 is 1.49 bits per heavy atom. The molecule has 4 rings (SSSR count). The lowest BCUT2D eigenvalue weighted by molar-refractivity contribution is -0.193. The van der Waals surface area contributed by atoms with Crippen LogP contribution in [0.4, 0.5) is 26.3 Å². The van der Waals surface area contributed by atoms with Crippen molar-refractivity contribution < 1.29 is 50.9 Å². The first-order valence-electron chi connectivity index (χ1n) is 11.6. The topological polar surface area (TPSA) is 182 Å². The number of benzene rings is 1. The summed E-state index contributed by atoms with van der Waals surface area (Å²) < 4.78 is 69.3. The number of nitrogens with zero attached hydrogens (tertiary/aromatic N) is 4. The Balaban J connectivity index is 0.000000349. The van der Waals surface area contributed by atoms with E-state index in [4.69, 9.17) is 24.5 Å². The Morgan fingerprint density at radius 1 is 0.951 bits per heavy atom. The number of aromatic amines is 2. The minimum atomic E-state index is -5.08. The summed E-state index contributed by atoms with van der Waals surface area (Å²) >= 11 is 0. The fourth-order valence-electron chi connectivity index (χ4n) is 3.32. The van der Waals surface area contributed by atoms with E-state index in [-0.39, 0.29) is 16.5 Å². The second kappa shape index (κ2) is 13.9. The molecule has 226 valence electrons. The monoisotopic (exact) mass is 598 g/mol. The second-order valence-corrected chi connectivity index (χ2v) is 8.46. The van der Waals surface area contributed by atoms with Gasteiger partial charge in [-0.25, -0.2) is 9.59 Å². The smallest absolute Gasteiger partial charge is 0.490 e. The molecule has 41 heavy (non-hydrogen) atoms. The summed E-state index contributed by atoms with van der Waals surface area (Å²) in [5, 5.41) is 24.5. The highest BCUT2D eigenvalue weighted by molar-refractivity contribution is 5.87. The number of hydrogen-bond acceptors (Lipinski definition) is 9. The van der Waals surface area contributed by atoms with Gasteiger partial charge in [0.2, 0.25) is 5.43 Å². The number of ether oxygens (including phenoxy) is 1. The Morgan fingerprint density at radius 3 is 2.02 bits per heavy atom. The molecule has 3 aromatic rings. The zero-order valence-electron chi connectivity index (χ0n) is 21.2. The molecule has 0 bridgehead atoms. The number of aromatic nitrogens is 4. The van der Waals surface area contributed by atoms with Gasteiger partial charge in [-0.2, -0.15) is 41.8 Å². The first-order valence-corrected chi connectivity index (χ1v) is 11.6. The van der Waals surface area contributed by atoms with Crippen LogP contribution in [0.25, 0.3) is 21.9 Å². The number of carbonyl (C=O) groups is 2. The molecule has 1 aliphatic rings. The van der Waals surface area contributed by atoms with E-state index in [9.17, 15) is 35.9 Å². The molecule has 0 radical (unpaired) electrons. The molecule has 0 saturated carbocycles. The first-order chi connectivity index (χ1) is 19.0. The molecule has 0 unspecified atom stereocenters. The lowest BCUT2D eigenvalue weighted by Crippen LogP contribution is -2.44. The maximum Gasteiger partial charge on any atom is 0.490 e. The number of rotatable bonds is 5. The summed E-state index contributed by atoms with van der Waals surface area (Å²) in [6.07, 6.45) is -9.24. The van der Waals surface area contributed by atoms with Gasteiger partial charge in [-0.05, 0) is 25.6 Å². The Bertz CT molecular complexity index is 1440. The summed E-state index contributed by atoms with van der Waals surface area (Å²) in [5.41, 5.74) is -0.342.